The van der Waals surface area contributed by atoms with Crippen LogP contribution in [0.3, 0.4) is 0 Å². The van der Waals surface area contributed by atoms with Gasteiger partial charge in [-0.05, 0) is 37.1 Å². The average molecular weight is 312 g/mol. The van der Waals surface area contributed by atoms with Crippen LogP contribution in [0.1, 0.15) is 28.5 Å². The second-order valence-corrected chi connectivity index (χ2v) is 5.19. The highest BCUT2D eigenvalue weighted by molar-refractivity contribution is 6.42. The summed E-state index contributed by atoms with van der Waals surface area (Å²) in [5.41, 5.74) is 2.28. The molecule has 0 saturated carbocycles. The van der Waals surface area contributed by atoms with Gasteiger partial charge < -0.3 is 9.30 Å². The van der Waals surface area contributed by atoms with Crippen LogP contribution >= 0.6 is 23.2 Å². The molecule has 0 N–H and O–H groups in total. The van der Waals surface area contributed by atoms with E-state index in [1.807, 2.05) is 35.9 Å². The highest BCUT2D eigenvalue weighted by Crippen LogP contribution is 2.27. The third-order valence-corrected chi connectivity index (χ3v) is 3.86. The van der Waals surface area contributed by atoms with Crippen molar-refractivity contribution < 1.29 is 9.53 Å². The molecule has 0 aliphatic carbocycles. The van der Waals surface area contributed by atoms with E-state index < -0.39 is 0 Å². The Hall–Kier alpha value is -1.45. The highest BCUT2D eigenvalue weighted by atomic mass is 35.5. The number of nitrogens with zero attached hydrogens (tertiary/aromatic N) is 1. The Morgan fingerprint density at radius 1 is 1.30 bits per heavy atom. The first-order chi connectivity index (χ1) is 9.54. The van der Waals surface area contributed by atoms with E-state index in [0.717, 1.165) is 11.1 Å². The maximum Gasteiger partial charge on any atom is 0.355 e. The van der Waals surface area contributed by atoms with E-state index in [1.54, 1.807) is 13.0 Å². The van der Waals surface area contributed by atoms with Crippen LogP contribution in [0.25, 0.3) is 0 Å². The standard InChI is InChI=1S/C15H15Cl2NO2/c1-3-20-15(19)14-10(2)7-8-18(14)9-11-5-4-6-12(16)13(11)17/h4-8H,3,9H2,1-2H3. The van der Waals surface area contributed by atoms with Crippen molar-refractivity contribution in [1.82, 2.24) is 4.57 Å². The van der Waals surface area contributed by atoms with Crippen molar-refractivity contribution in [3.63, 3.8) is 0 Å². The van der Waals surface area contributed by atoms with Gasteiger partial charge in [0.1, 0.15) is 5.69 Å². The molecule has 0 atom stereocenters. The molecule has 3 nitrogen and oxygen atoms in total. The van der Waals surface area contributed by atoms with Gasteiger partial charge in [-0.15, -0.1) is 0 Å². The average Bonchev–Trinajstić information content (AvgIpc) is 2.76. The van der Waals surface area contributed by atoms with Crippen molar-refractivity contribution in [1.29, 1.82) is 0 Å². The van der Waals surface area contributed by atoms with E-state index in [9.17, 15) is 4.79 Å². The third kappa shape index (κ3) is 3.00. The van der Waals surface area contributed by atoms with Gasteiger partial charge in [0.15, 0.2) is 0 Å². The maximum atomic E-state index is 12.0. The molecule has 1 heterocycles. The van der Waals surface area contributed by atoms with Crippen molar-refractivity contribution in [2.45, 2.75) is 20.4 Å². The number of halogens is 2. The first-order valence-corrected chi connectivity index (χ1v) is 7.06. The van der Waals surface area contributed by atoms with E-state index in [-0.39, 0.29) is 5.97 Å². The van der Waals surface area contributed by atoms with Crippen LogP contribution in [-0.4, -0.2) is 17.1 Å². The Labute approximate surface area is 128 Å². The minimum Gasteiger partial charge on any atom is -0.461 e. The quantitative estimate of drug-likeness (QED) is 0.787. The van der Waals surface area contributed by atoms with E-state index in [0.29, 0.717) is 28.9 Å². The summed E-state index contributed by atoms with van der Waals surface area (Å²) in [5.74, 6) is -0.326. The molecule has 0 spiro atoms. The number of hydrogen-bond donors (Lipinski definition) is 0. The lowest BCUT2D eigenvalue weighted by Gasteiger charge is -2.11. The largest absolute Gasteiger partial charge is 0.461 e. The number of esters is 1. The summed E-state index contributed by atoms with van der Waals surface area (Å²) in [5, 5.41) is 1.01. The summed E-state index contributed by atoms with van der Waals surface area (Å²) in [6, 6.07) is 7.34. The zero-order chi connectivity index (χ0) is 14.7. The molecule has 106 valence electrons. The fourth-order valence-electron chi connectivity index (χ4n) is 2.05. The van der Waals surface area contributed by atoms with E-state index >= 15 is 0 Å². The summed E-state index contributed by atoms with van der Waals surface area (Å²) in [7, 11) is 0. The van der Waals surface area contributed by atoms with Gasteiger partial charge in [-0.25, -0.2) is 4.79 Å². The SMILES string of the molecule is CCOC(=O)c1c(C)ccn1Cc1cccc(Cl)c1Cl. The third-order valence-electron chi connectivity index (χ3n) is 3.01. The molecule has 1 aromatic heterocycles. The van der Waals surface area contributed by atoms with Crippen molar-refractivity contribution in [3.8, 4) is 0 Å². The lowest BCUT2D eigenvalue weighted by molar-refractivity contribution is 0.0513. The van der Waals surface area contributed by atoms with Crippen LogP contribution in [0.5, 0.6) is 0 Å². The molecule has 2 aromatic rings. The van der Waals surface area contributed by atoms with Crippen LogP contribution in [0.2, 0.25) is 10.0 Å². The van der Waals surface area contributed by atoms with Crippen LogP contribution in [0.4, 0.5) is 0 Å². The topological polar surface area (TPSA) is 31.2 Å². The van der Waals surface area contributed by atoms with Crippen molar-refractivity contribution in [2.24, 2.45) is 0 Å². The molecule has 5 heteroatoms. The number of aryl methyl sites for hydroxylation is 1. The normalized spacial score (nSPS) is 10.6. The molecule has 0 aliphatic heterocycles. The van der Waals surface area contributed by atoms with E-state index in [2.05, 4.69) is 0 Å². The molecule has 20 heavy (non-hydrogen) atoms. The van der Waals surface area contributed by atoms with Gasteiger partial charge in [-0.3, -0.25) is 0 Å². The Morgan fingerprint density at radius 3 is 2.75 bits per heavy atom. The lowest BCUT2D eigenvalue weighted by Crippen LogP contribution is -2.14. The summed E-state index contributed by atoms with van der Waals surface area (Å²) >= 11 is 12.2. The fraction of sp³-hybridized carbons (Fsp3) is 0.267. The molecule has 0 saturated heterocycles. The van der Waals surface area contributed by atoms with Crippen molar-refractivity contribution >= 4 is 29.2 Å². The molecule has 0 aliphatic rings. The molecule has 0 radical (unpaired) electrons. The van der Waals surface area contributed by atoms with Gasteiger partial charge in [-0.1, -0.05) is 35.3 Å². The van der Waals surface area contributed by atoms with Gasteiger partial charge in [0.25, 0.3) is 0 Å². The number of carbonyl (C=O) groups is 1. The second-order valence-electron chi connectivity index (χ2n) is 4.41. The molecular weight excluding hydrogens is 297 g/mol. The first-order valence-electron chi connectivity index (χ1n) is 6.30. The molecule has 2 rings (SSSR count). The Kier molecular flexibility index (Phi) is 4.73. The van der Waals surface area contributed by atoms with Crippen LogP contribution in [0, 0.1) is 6.92 Å². The predicted octanol–water partition coefficient (Wildman–Crippen LogP) is 4.33. The molecule has 0 bridgehead atoms. The predicted molar refractivity (Wildman–Crippen MR) is 80.7 cm³/mol. The molecule has 0 fully saturated rings. The number of hydrogen-bond acceptors (Lipinski definition) is 2. The number of benzene rings is 1. The first kappa shape index (κ1) is 14.9. The smallest absolute Gasteiger partial charge is 0.355 e. The summed E-state index contributed by atoms with van der Waals surface area (Å²) in [4.78, 5) is 12.0. The van der Waals surface area contributed by atoms with Crippen molar-refractivity contribution in [2.75, 3.05) is 6.61 Å². The van der Waals surface area contributed by atoms with E-state index in [4.69, 9.17) is 27.9 Å². The van der Waals surface area contributed by atoms with Crippen LogP contribution in [0.15, 0.2) is 30.5 Å². The van der Waals surface area contributed by atoms with Gasteiger partial charge in [-0.2, -0.15) is 0 Å². The Balaban J connectivity index is 2.35. The number of ether oxygens (including phenoxy) is 1. The van der Waals surface area contributed by atoms with E-state index in [1.165, 1.54) is 0 Å². The summed E-state index contributed by atoms with van der Waals surface area (Å²) in [6.45, 7) is 4.49. The summed E-state index contributed by atoms with van der Waals surface area (Å²) in [6.07, 6.45) is 1.85. The molecule has 1 aromatic carbocycles. The molecular formula is C15H15Cl2NO2. The molecule has 0 amide bonds. The highest BCUT2D eigenvalue weighted by Gasteiger charge is 2.16. The lowest BCUT2D eigenvalue weighted by atomic mass is 10.2. The zero-order valence-electron chi connectivity index (χ0n) is 11.3. The van der Waals surface area contributed by atoms with Gasteiger partial charge in [0.05, 0.1) is 16.7 Å². The van der Waals surface area contributed by atoms with Crippen LogP contribution in [-0.2, 0) is 11.3 Å². The van der Waals surface area contributed by atoms with Gasteiger partial charge >= 0.3 is 5.97 Å². The van der Waals surface area contributed by atoms with Gasteiger partial charge in [0.2, 0.25) is 0 Å². The zero-order valence-corrected chi connectivity index (χ0v) is 12.8. The Bertz CT molecular complexity index is 635. The van der Waals surface area contributed by atoms with Crippen molar-refractivity contribution in [3.05, 3.63) is 57.3 Å². The van der Waals surface area contributed by atoms with Gasteiger partial charge in [0, 0.05) is 12.7 Å². The number of rotatable bonds is 4. The monoisotopic (exact) mass is 311 g/mol. The molecule has 0 unspecified atom stereocenters. The van der Waals surface area contributed by atoms with Crippen LogP contribution < -0.4 is 0 Å². The summed E-state index contributed by atoms with van der Waals surface area (Å²) < 4.78 is 6.90. The fourth-order valence-corrected chi connectivity index (χ4v) is 2.43. The minimum absolute atomic E-state index is 0.326. The Morgan fingerprint density at radius 2 is 2.05 bits per heavy atom. The number of carbonyl (C=O) groups excluding carboxylic acids is 1. The maximum absolute atomic E-state index is 12.0. The second kappa shape index (κ2) is 6.33. The minimum atomic E-state index is -0.326. The number of aromatic nitrogens is 1.